The minimum Gasteiger partial charge on any atom is -0.450 e. The van der Waals surface area contributed by atoms with Crippen LogP contribution in [0, 0.1) is 5.92 Å². The minimum atomic E-state index is -0.354. The van der Waals surface area contributed by atoms with E-state index in [1.165, 1.54) is 0 Å². The Balaban J connectivity index is 0.00000312. The first-order chi connectivity index (χ1) is 11.6. The van der Waals surface area contributed by atoms with Crippen molar-refractivity contribution in [2.75, 3.05) is 19.7 Å². The molecule has 142 valence electrons. The van der Waals surface area contributed by atoms with E-state index in [0.717, 1.165) is 31.0 Å². The molecule has 0 spiro atoms. The summed E-state index contributed by atoms with van der Waals surface area (Å²) < 4.78 is 6.79. The highest BCUT2D eigenvalue weighted by atomic mass is 127. The molecule has 1 saturated carbocycles. The second kappa shape index (κ2) is 11.2. The number of nitrogens with zero attached hydrogens (tertiary/aromatic N) is 3. The number of hydrogen-bond donors (Lipinski definition) is 3. The lowest BCUT2D eigenvalue weighted by atomic mass is 10.2. The maximum Gasteiger partial charge on any atom is 0.407 e. The van der Waals surface area contributed by atoms with Crippen LogP contribution in [0.15, 0.2) is 17.3 Å². The van der Waals surface area contributed by atoms with Gasteiger partial charge in [0.2, 0.25) is 0 Å². The van der Waals surface area contributed by atoms with Crippen LogP contribution in [0.3, 0.4) is 0 Å². The summed E-state index contributed by atoms with van der Waals surface area (Å²) in [5.41, 5.74) is 1.04. The molecule has 1 aliphatic rings. The fourth-order valence-electron chi connectivity index (χ4n) is 2.42. The van der Waals surface area contributed by atoms with Gasteiger partial charge in [-0.2, -0.15) is 5.10 Å². The van der Waals surface area contributed by atoms with Crippen LogP contribution in [-0.4, -0.2) is 47.6 Å². The van der Waals surface area contributed by atoms with Gasteiger partial charge in [-0.15, -0.1) is 24.0 Å². The Morgan fingerprint density at radius 3 is 2.76 bits per heavy atom. The standard InChI is InChI=1S/C16H28N6O2.HI/c1-4-17-15(18-10-13-8-9-20-22(13)3)19-11-14(12-6-7-12)21-16(23)24-5-2;/h8-9,12,14H,4-7,10-11H2,1-3H3,(H,21,23)(H2,17,18,19);1H. The summed E-state index contributed by atoms with van der Waals surface area (Å²) in [5.74, 6) is 1.25. The maximum atomic E-state index is 11.7. The third-order valence-corrected chi connectivity index (χ3v) is 3.92. The van der Waals surface area contributed by atoms with Crippen LogP contribution in [0.5, 0.6) is 0 Å². The average Bonchev–Trinajstić information content (AvgIpc) is 3.32. The van der Waals surface area contributed by atoms with E-state index in [1.807, 2.05) is 24.7 Å². The van der Waals surface area contributed by atoms with Crippen molar-refractivity contribution in [3.63, 3.8) is 0 Å². The van der Waals surface area contributed by atoms with E-state index in [9.17, 15) is 4.79 Å². The zero-order chi connectivity index (χ0) is 17.4. The quantitative estimate of drug-likeness (QED) is 0.309. The van der Waals surface area contributed by atoms with Crippen molar-refractivity contribution in [3.8, 4) is 0 Å². The zero-order valence-corrected chi connectivity index (χ0v) is 17.4. The van der Waals surface area contributed by atoms with Gasteiger partial charge in [-0.25, -0.2) is 9.79 Å². The monoisotopic (exact) mass is 464 g/mol. The molecule has 1 heterocycles. The third-order valence-electron chi connectivity index (χ3n) is 3.92. The second-order valence-electron chi connectivity index (χ2n) is 5.83. The predicted octanol–water partition coefficient (Wildman–Crippen LogP) is 1.62. The van der Waals surface area contributed by atoms with E-state index in [1.54, 1.807) is 13.1 Å². The number of halogens is 1. The van der Waals surface area contributed by atoms with Crippen LogP contribution in [0.1, 0.15) is 32.4 Å². The molecule has 0 saturated heterocycles. The molecule has 1 aromatic heterocycles. The van der Waals surface area contributed by atoms with E-state index >= 15 is 0 Å². The normalized spacial score (nSPS) is 15.1. The predicted molar refractivity (Wildman–Crippen MR) is 108 cm³/mol. The molecule has 0 radical (unpaired) electrons. The smallest absolute Gasteiger partial charge is 0.407 e. The van der Waals surface area contributed by atoms with Crippen LogP contribution in [0.25, 0.3) is 0 Å². The first-order valence-electron chi connectivity index (χ1n) is 8.56. The van der Waals surface area contributed by atoms with Crippen LogP contribution >= 0.6 is 24.0 Å². The van der Waals surface area contributed by atoms with Crippen molar-refractivity contribution in [1.82, 2.24) is 25.7 Å². The van der Waals surface area contributed by atoms with Gasteiger partial charge < -0.3 is 20.7 Å². The molecule has 8 nitrogen and oxygen atoms in total. The highest BCUT2D eigenvalue weighted by Crippen LogP contribution is 2.32. The lowest BCUT2D eigenvalue weighted by Crippen LogP contribution is -2.48. The van der Waals surface area contributed by atoms with Gasteiger partial charge in [-0.1, -0.05) is 0 Å². The molecule has 3 N–H and O–H groups in total. The molecular weight excluding hydrogens is 435 g/mol. The van der Waals surface area contributed by atoms with E-state index in [0.29, 0.717) is 25.6 Å². The molecule has 1 atom stereocenters. The number of guanidine groups is 1. The maximum absolute atomic E-state index is 11.7. The summed E-state index contributed by atoms with van der Waals surface area (Å²) in [4.78, 5) is 16.2. The molecule has 1 fully saturated rings. The Morgan fingerprint density at radius 2 is 2.20 bits per heavy atom. The molecule has 0 bridgehead atoms. The minimum absolute atomic E-state index is 0. The first-order valence-corrected chi connectivity index (χ1v) is 8.56. The van der Waals surface area contributed by atoms with Crippen molar-refractivity contribution in [1.29, 1.82) is 0 Å². The highest BCUT2D eigenvalue weighted by Gasteiger charge is 2.32. The van der Waals surface area contributed by atoms with E-state index in [-0.39, 0.29) is 36.1 Å². The zero-order valence-electron chi connectivity index (χ0n) is 15.1. The fraction of sp³-hybridized carbons (Fsp3) is 0.688. The summed E-state index contributed by atoms with van der Waals surface area (Å²) in [6.45, 7) is 6.16. The van der Waals surface area contributed by atoms with Crippen molar-refractivity contribution in [3.05, 3.63) is 18.0 Å². The van der Waals surface area contributed by atoms with Crippen LogP contribution in [0.4, 0.5) is 4.79 Å². The first kappa shape index (κ1) is 21.5. The molecule has 0 aromatic carbocycles. The number of carbonyl (C=O) groups excluding carboxylic acids is 1. The Labute approximate surface area is 166 Å². The van der Waals surface area contributed by atoms with Gasteiger partial charge in [0.1, 0.15) is 0 Å². The Morgan fingerprint density at radius 1 is 1.44 bits per heavy atom. The van der Waals surface area contributed by atoms with Gasteiger partial charge >= 0.3 is 6.09 Å². The van der Waals surface area contributed by atoms with Crippen molar-refractivity contribution < 1.29 is 9.53 Å². The second-order valence-corrected chi connectivity index (χ2v) is 5.83. The Hall–Kier alpha value is -1.52. The van der Waals surface area contributed by atoms with Crippen molar-refractivity contribution in [2.24, 2.45) is 18.0 Å². The average molecular weight is 464 g/mol. The third kappa shape index (κ3) is 7.49. The van der Waals surface area contributed by atoms with Gasteiger partial charge in [-0.3, -0.25) is 4.68 Å². The number of aliphatic imine (C=N–C) groups is 1. The fourth-order valence-corrected chi connectivity index (χ4v) is 2.42. The summed E-state index contributed by atoms with van der Waals surface area (Å²) in [7, 11) is 1.90. The number of aromatic nitrogens is 2. The summed E-state index contributed by atoms with van der Waals surface area (Å²) in [6, 6.07) is 2.01. The van der Waals surface area contributed by atoms with Gasteiger partial charge in [0.25, 0.3) is 0 Å². The molecule has 1 unspecified atom stereocenters. The molecule has 1 amide bonds. The summed E-state index contributed by atoms with van der Waals surface area (Å²) in [5, 5.41) is 13.6. The summed E-state index contributed by atoms with van der Waals surface area (Å²) in [6.07, 6.45) is 3.69. The molecule has 1 aromatic rings. The number of rotatable bonds is 8. The van der Waals surface area contributed by atoms with Crippen LogP contribution in [0.2, 0.25) is 0 Å². The number of ether oxygens (including phenoxy) is 1. The molecule has 0 aliphatic heterocycles. The van der Waals surface area contributed by atoms with Gasteiger partial charge in [0.15, 0.2) is 5.96 Å². The highest BCUT2D eigenvalue weighted by molar-refractivity contribution is 14.0. The molecular formula is C16H29IN6O2. The topological polar surface area (TPSA) is 92.6 Å². The van der Waals surface area contributed by atoms with Gasteiger partial charge in [0.05, 0.1) is 24.9 Å². The van der Waals surface area contributed by atoms with Crippen molar-refractivity contribution in [2.45, 2.75) is 39.3 Å². The molecule has 25 heavy (non-hydrogen) atoms. The van der Waals surface area contributed by atoms with Crippen molar-refractivity contribution >= 4 is 36.0 Å². The number of alkyl carbamates (subject to hydrolysis) is 1. The SMILES string of the molecule is CCNC(=NCc1ccnn1C)NCC(NC(=O)OCC)C1CC1.I. The van der Waals surface area contributed by atoms with Crippen LogP contribution < -0.4 is 16.0 Å². The van der Waals surface area contributed by atoms with Gasteiger partial charge in [0, 0.05) is 26.3 Å². The van der Waals surface area contributed by atoms with E-state index in [2.05, 4.69) is 26.0 Å². The number of nitrogens with one attached hydrogen (secondary N) is 3. The lowest BCUT2D eigenvalue weighted by molar-refractivity contribution is 0.146. The molecule has 9 heteroatoms. The van der Waals surface area contributed by atoms with E-state index in [4.69, 9.17) is 4.74 Å². The van der Waals surface area contributed by atoms with Crippen LogP contribution in [-0.2, 0) is 18.3 Å². The van der Waals surface area contributed by atoms with Gasteiger partial charge in [-0.05, 0) is 38.7 Å². The largest absolute Gasteiger partial charge is 0.450 e. The Kier molecular flexibility index (Phi) is 9.61. The Bertz CT molecular complexity index is 559. The number of carbonyl (C=O) groups is 1. The van der Waals surface area contributed by atoms with E-state index < -0.39 is 0 Å². The lowest BCUT2D eigenvalue weighted by Gasteiger charge is -2.20. The molecule has 1 aliphatic carbocycles. The summed E-state index contributed by atoms with van der Waals surface area (Å²) >= 11 is 0. The molecule has 2 rings (SSSR count). The number of amides is 1. The number of hydrogen-bond acceptors (Lipinski definition) is 4. The number of aryl methyl sites for hydroxylation is 1.